The summed E-state index contributed by atoms with van der Waals surface area (Å²) >= 11 is 0. The van der Waals surface area contributed by atoms with E-state index in [9.17, 15) is 9.90 Å². The smallest absolute Gasteiger partial charge is 0.257 e. The van der Waals surface area contributed by atoms with Crippen molar-refractivity contribution in [2.45, 2.75) is 12.0 Å². The van der Waals surface area contributed by atoms with Gasteiger partial charge >= 0.3 is 0 Å². The van der Waals surface area contributed by atoms with Gasteiger partial charge < -0.3 is 14.7 Å². The molecule has 1 atom stereocenters. The molecule has 0 aliphatic carbocycles. The number of likely N-dealkylation sites (tertiary alicyclic amines) is 1. The van der Waals surface area contributed by atoms with E-state index in [1.54, 1.807) is 4.90 Å². The summed E-state index contributed by atoms with van der Waals surface area (Å²) in [5.41, 5.74) is -0.600. The van der Waals surface area contributed by atoms with Crippen molar-refractivity contribution in [1.82, 2.24) is 14.9 Å². The van der Waals surface area contributed by atoms with Crippen LogP contribution in [0.2, 0.25) is 0 Å². The Morgan fingerprint density at radius 2 is 2.00 bits per heavy atom. The van der Waals surface area contributed by atoms with E-state index in [-0.39, 0.29) is 19.1 Å². The topological polar surface area (TPSA) is 75.6 Å². The number of hydrogen-bond donors (Lipinski definition) is 1. The Morgan fingerprint density at radius 3 is 2.73 bits per heavy atom. The van der Waals surface area contributed by atoms with Crippen LogP contribution in [-0.2, 0) is 0 Å². The van der Waals surface area contributed by atoms with Crippen LogP contribution in [0.1, 0.15) is 16.8 Å². The van der Waals surface area contributed by atoms with E-state index in [4.69, 9.17) is 4.74 Å². The van der Waals surface area contributed by atoms with Crippen molar-refractivity contribution in [2.75, 3.05) is 19.7 Å². The number of aromatic nitrogens is 2. The van der Waals surface area contributed by atoms with E-state index in [1.807, 2.05) is 30.3 Å². The molecule has 114 valence electrons. The SMILES string of the molecule is O=C(c1cncnc1)N1CC[C@](O)(COc2ccccc2)C1. The highest BCUT2D eigenvalue weighted by Crippen LogP contribution is 2.24. The first-order valence-corrected chi connectivity index (χ1v) is 7.11. The summed E-state index contributed by atoms with van der Waals surface area (Å²) in [6, 6.07) is 9.32. The molecule has 0 saturated carbocycles. The fourth-order valence-electron chi connectivity index (χ4n) is 2.47. The summed E-state index contributed by atoms with van der Waals surface area (Å²) in [6.45, 7) is 0.891. The summed E-state index contributed by atoms with van der Waals surface area (Å²) in [5, 5.41) is 10.6. The predicted octanol–water partition coefficient (Wildman–Crippen LogP) is 1.13. The molecule has 2 aromatic rings. The van der Waals surface area contributed by atoms with Gasteiger partial charge in [0, 0.05) is 18.9 Å². The van der Waals surface area contributed by atoms with Crippen LogP contribution in [0, 0.1) is 0 Å². The molecule has 0 bridgehead atoms. The molecule has 6 nitrogen and oxygen atoms in total. The molecule has 1 aliphatic heterocycles. The van der Waals surface area contributed by atoms with Crippen LogP contribution in [0.3, 0.4) is 0 Å². The molecule has 0 unspecified atom stereocenters. The van der Waals surface area contributed by atoms with Gasteiger partial charge in [-0.15, -0.1) is 0 Å². The lowest BCUT2D eigenvalue weighted by Gasteiger charge is -2.23. The Balaban J connectivity index is 1.60. The molecule has 6 heteroatoms. The Hall–Kier alpha value is -2.47. The zero-order valence-electron chi connectivity index (χ0n) is 12.1. The average Bonchev–Trinajstić information content (AvgIpc) is 2.97. The number of carbonyl (C=O) groups excluding carboxylic acids is 1. The number of benzene rings is 1. The monoisotopic (exact) mass is 299 g/mol. The average molecular weight is 299 g/mol. The predicted molar refractivity (Wildman–Crippen MR) is 79.4 cm³/mol. The van der Waals surface area contributed by atoms with E-state index in [0.717, 1.165) is 0 Å². The molecule has 1 N–H and O–H groups in total. The molecule has 1 saturated heterocycles. The minimum Gasteiger partial charge on any atom is -0.491 e. The van der Waals surface area contributed by atoms with Crippen molar-refractivity contribution in [1.29, 1.82) is 0 Å². The maximum atomic E-state index is 12.3. The normalized spacial score (nSPS) is 20.9. The van der Waals surface area contributed by atoms with Crippen molar-refractivity contribution in [2.24, 2.45) is 0 Å². The van der Waals surface area contributed by atoms with Gasteiger partial charge in [-0.2, -0.15) is 0 Å². The molecule has 0 spiro atoms. The number of hydrogen-bond acceptors (Lipinski definition) is 5. The molecule has 1 aliphatic rings. The van der Waals surface area contributed by atoms with E-state index in [1.165, 1.54) is 18.7 Å². The molecular weight excluding hydrogens is 282 g/mol. The zero-order valence-corrected chi connectivity index (χ0v) is 12.1. The van der Waals surface area contributed by atoms with Crippen LogP contribution < -0.4 is 4.74 Å². The van der Waals surface area contributed by atoms with Crippen molar-refractivity contribution in [3.63, 3.8) is 0 Å². The standard InChI is InChI=1S/C16H17N3O3/c20-15(13-8-17-12-18-9-13)19-7-6-16(21,10-19)11-22-14-4-2-1-3-5-14/h1-5,8-9,12,21H,6-7,10-11H2/t16-/m1/s1. The molecule has 1 amide bonds. The Labute approximate surface area is 128 Å². The van der Waals surface area contributed by atoms with Gasteiger partial charge in [-0.05, 0) is 18.6 Å². The highest BCUT2D eigenvalue weighted by Gasteiger charge is 2.39. The lowest BCUT2D eigenvalue weighted by Crippen LogP contribution is -2.40. The number of nitrogens with zero attached hydrogens (tertiary/aromatic N) is 3. The zero-order chi connectivity index (χ0) is 15.4. The molecule has 3 rings (SSSR count). The molecule has 1 fully saturated rings. The number of amides is 1. The first kappa shape index (κ1) is 14.5. The van der Waals surface area contributed by atoms with E-state index < -0.39 is 5.60 Å². The Morgan fingerprint density at radius 1 is 1.27 bits per heavy atom. The number of rotatable bonds is 4. The van der Waals surface area contributed by atoms with Gasteiger partial charge in [0.25, 0.3) is 5.91 Å². The van der Waals surface area contributed by atoms with E-state index >= 15 is 0 Å². The summed E-state index contributed by atoms with van der Waals surface area (Å²) in [6.07, 6.45) is 4.82. The van der Waals surface area contributed by atoms with Crippen LogP contribution in [0.4, 0.5) is 0 Å². The highest BCUT2D eigenvalue weighted by atomic mass is 16.5. The van der Waals surface area contributed by atoms with Gasteiger partial charge in [-0.1, -0.05) is 18.2 Å². The minimum atomic E-state index is -1.03. The first-order valence-electron chi connectivity index (χ1n) is 7.11. The summed E-state index contributed by atoms with van der Waals surface area (Å²) in [4.78, 5) is 21.6. The molecular formula is C16H17N3O3. The van der Waals surface area contributed by atoms with Gasteiger partial charge in [-0.25, -0.2) is 9.97 Å². The van der Waals surface area contributed by atoms with Gasteiger partial charge in [0.15, 0.2) is 0 Å². The summed E-state index contributed by atoms with van der Waals surface area (Å²) < 4.78 is 5.61. The number of para-hydroxylation sites is 1. The highest BCUT2D eigenvalue weighted by molar-refractivity contribution is 5.93. The molecule has 22 heavy (non-hydrogen) atoms. The number of ether oxygens (including phenoxy) is 1. The second kappa shape index (κ2) is 6.11. The van der Waals surface area contributed by atoms with E-state index in [0.29, 0.717) is 24.3 Å². The lowest BCUT2D eigenvalue weighted by molar-refractivity contribution is 0.00430. The Bertz CT molecular complexity index is 636. The van der Waals surface area contributed by atoms with Gasteiger partial charge in [0.1, 0.15) is 24.3 Å². The second-order valence-electron chi connectivity index (χ2n) is 5.43. The third-order valence-corrected chi connectivity index (χ3v) is 3.68. The van der Waals surface area contributed by atoms with Crippen molar-refractivity contribution in [3.05, 3.63) is 54.6 Å². The quantitative estimate of drug-likeness (QED) is 0.916. The van der Waals surface area contributed by atoms with Crippen LogP contribution in [0.5, 0.6) is 5.75 Å². The Kier molecular flexibility index (Phi) is 4.02. The van der Waals surface area contributed by atoms with Crippen LogP contribution >= 0.6 is 0 Å². The fraction of sp³-hybridized carbons (Fsp3) is 0.312. The van der Waals surface area contributed by atoms with Gasteiger partial charge in [-0.3, -0.25) is 4.79 Å². The van der Waals surface area contributed by atoms with Gasteiger partial charge in [0.05, 0.1) is 12.1 Å². The van der Waals surface area contributed by atoms with Gasteiger partial charge in [0.2, 0.25) is 0 Å². The summed E-state index contributed by atoms with van der Waals surface area (Å²) in [7, 11) is 0. The molecule has 1 aromatic heterocycles. The first-order chi connectivity index (χ1) is 10.7. The lowest BCUT2D eigenvalue weighted by atomic mass is 10.1. The maximum Gasteiger partial charge on any atom is 0.257 e. The van der Waals surface area contributed by atoms with Crippen molar-refractivity contribution >= 4 is 5.91 Å². The van der Waals surface area contributed by atoms with E-state index in [2.05, 4.69) is 9.97 Å². The number of β-amino-alcohol motifs (C(OH)–C–C–N with tert-alkyl or cyclic N) is 1. The number of carbonyl (C=O) groups is 1. The van der Waals surface area contributed by atoms with Crippen LogP contribution in [0.25, 0.3) is 0 Å². The largest absolute Gasteiger partial charge is 0.491 e. The maximum absolute atomic E-state index is 12.3. The van der Waals surface area contributed by atoms with Crippen molar-refractivity contribution < 1.29 is 14.6 Å². The fourth-order valence-corrected chi connectivity index (χ4v) is 2.47. The van der Waals surface area contributed by atoms with Crippen molar-refractivity contribution in [3.8, 4) is 5.75 Å². The second-order valence-corrected chi connectivity index (χ2v) is 5.43. The molecule has 0 radical (unpaired) electrons. The van der Waals surface area contributed by atoms with Crippen LogP contribution in [-0.4, -0.2) is 51.2 Å². The third-order valence-electron chi connectivity index (χ3n) is 3.68. The third kappa shape index (κ3) is 3.23. The molecule has 2 heterocycles. The minimum absolute atomic E-state index is 0.159. The number of aliphatic hydroxyl groups is 1. The van der Waals surface area contributed by atoms with Crippen LogP contribution in [0.15, 0.2) is 49.1 Å². The molecule has 1 aromatic carbocycles. The summed E-state index contributed by atoms with van der Waals surface area (Å²) in [5.74, 6) is 0.536.